The van der Waals surface area contributed by atoms with Crippen LogP contribution in [0.4, 0.5) is 0 Å². The summed E-state index contributed by atoms with van der Waals surface area (Å²) in [6.45, 7) is 4.26. The van der Waals surface area contributed by atoms with E-state index in [9.17, 15) is 14.8 Å². The number of nitrogens with zero attached hydrogens (tertiary/aromatic N) is 2. The van der Waals surface area contributed by atoms with Crippen LogP contribution in [-0.4, -0.2) is 75.2 Å². The van der Waals surface area contributed by atoms with E-state index >= 15 is 0 Å². The highest BCUT2D eigenvalue weighted by atomic mass is 35.5. The molecule has 0 bridgehead atoms. The Labute approximate surface area is 273 Å². The van der Waals surface area contributed by atoms with Gasteiger partial charge >= 0.3 is 5.91 Å². The number of benzene rings is 3. The number of carbonyl (C=O) groups excluding carboxylic acids is 2. The Morgan fingerprint density at radius 3 is 2.18 bits per heavy atom. The Kier molecular flexibility index (Phi) is 9.96. The lowest BCUT2D eigenvalue weighted by atomic mass is 9.61. The minimum atomic E-state index is -0.989. The second kappa shape index (κ2) is 13.6. The van der Waals surface area contributed by atoms with Crippen molar-refractivity contribution in [2.45, 2.75) is 43.1 Å². The van der Waals surface area contributed by atoms with Crippen LogP contribution in [-0.2, 0) is 15.6 Å². The van der Waals surface area contributed by atoms with E-state index in [1.54, 1.807) is 18.2 Å². The molecule has 11 heteroatoms. The maximum atomic E-state index is 14.2. The van der Waals surface area contributed by atoms with Gasteiger partial charge in [0.15, 0.2) is 11.5 Å². The van der Waals surface area contributed by atoms with Gasteiger partial charge in [-0.1, -0.05) is 66.5 Å². The zero-order chi connectivity index (χ0) is 32.4. The molecule has 9 nitrogen and oxygen atoms in total. The standard InChI is InChI=1S/C34H39Cl2N3O6/c1-5-38-15-13-33(32(41)37-42,23-9-7-6-8-10-23)20-29(38)34(24-11-12-25(35)26(36)19-24)14-16-39(21-34)31(40)22-17-27(43-2)30(45-4)28(18-22)44-3/h6-12,17-19,29H,5,13-16,20-21,37H2,1-4H3. The maximum Gasteiger partial charge on any atom is 0.321 e. The van der Waals surface area contributed by atoms with Gasteiger partial charge < -0.3 is 29.8 Å². The van der Waals surface area contributed by atoms with Gasteiger partial charge in [-0.2, -0.15) is 0 Å². The number of likely N-dealkylation sites (tertiary alicyclic amines) is 2. The maximum absolute atomic E-state index is 14.2. The Hall–Kier alpha value is -3.34. The van der Waals surface area contributed by atoms with Crippen molar-refractivity contribution >= 4 is 35.0 Å². The second-order valence-corrected chi connectivity index (χ2v) is 12.5. The van der Waals surface area contributed by atoms with Crippen molar-refractivity contribution in [2.75, 3.05) is 47.5 Å². The average Bonchev–Trinajstić information content (AvgIpc) is 3.54. The van der Waals surface area contributed by atoms with Crippen LogP contribution < -0.4 is 19.7 Å². The molecule has 2 N–H and O–H groups in total. The van der Waals surface area contributed by atoms with E-state index in [2.05, 4.69) is 11.8 Å². The number of ether oxygens (including phenoxy) is 3. The third-order valence-electron chi connectivity index (χ3n) is 9.75. The van der Waals surface area contributed by atoms with Crippen LogP contribution >= 0.6 is 23.2 Å². The fourth-order valence-electron chi connectivity index (χ4n) is 7.37. The Balaban J connectivity index is 1.62. The first-order valence-electron chi connectivity index (χ1n) is 15.0. The fraction of sp³-hybridized carbons (Fsp3) is 0.412. The molecule has 3 aromatic carbocycles. The number of quaternary nitrogens is 1. The number of halogens is 2. The highest BCUT2D eigenvalue weighted by molar-refractivity contribution is 6.42. The lowest BCUT2D eigenvalue weighted by molar-refractivity contribution is -0.506. The van der Waals surface area contributed by atoms with E-state index < -0.39 is 16.7 Å². The van der Waals surface area contributed by atoms with Crippen molar-refractivity contribution in [3.8, 4) is 17.2 Å². The summed E-state index contributed by atoms with van der Waals surface area (Å²) in [6, 6.07) is 18.3. The third-order valence-corrected chi connectivity index (χ3v) is 10.5. The molecule has 2 aliphatic heterocycles. The number of hydroxylamine groups is 1. The molecule has 0 aromatic heterocycles. The summed E-state index contributed by atoms with van der Waals surface area (Å²) in [7, 11) is 4.54. The van der Waals surface area contributed by atoms with Crippen LogP contribution in [0.5, 0.6) is 17.2 Å². The van der Waals surface area contributed by atoms with Crippen LogP contribution in [0.3, 0.4) is 0 Å². The zero-order valence-corrected chi connectivity index (χ0v) is 27.5. The number of hydrogen-bond acceptors (Lipinski definition) is 7. The van der Waals surface area contributed by atoms with E-state index in [1.165, 1.54) is 21.3 Å². The van der Waals surface area contributed by atoms with Crippen LogP contribution in [0.25, 0.3) is 0 Å². The van der Waals surface area contributed by atoms with E-state index in [0.717, 1.165) is 17.7 Å². The van der Waals surface area contributed by atoms with E-state index in [1.807, 2.05) is 47.4 Å². The largest absolute Gasteiger partial charge is 0.628 e. The molecule has 0 saturated carbocycles. The molecule has 2 aliphatic rings. The van der Waals surface area contributed by atoms with Crippen molar-refractivity contribution in [1.29, 1.82) is 0 Å². The van der Waals surface area contributed by atoms with Crippen molar-refractivity contribution in [3.05, 3.63) is 92.6 Å². The number of piperidine rings is 1. The minimum absolute atomic E-state index is 0.187. The van der Waals surface area contributed by atoms with E-state index in [-0.39, 0.29) is 11.9 Å². The Morgan fingerprint density at radius 2 is 1.60 bits per heavy atom. The van der Waals surface area contributed by atoms with E-state index in [0.29, 0.717) is 77.2 Å². The summed E-state index contributed by atoms with van der Waals surface area (Å²) in [5, 5.41) is 13.0. The third kappa shape index (κ3) is 5.88. The molecule has 2 saturated heterocycles. The van der Waals surface area contributed by atoms with Crippen LogP contribution in [0, 0.1) is 5.21 Å². The number of amides is 2. The summed E-state index contributed by atoms with van der Waals surface area (Å²) in [6.07, 6.45) is 1.54. The fourth-order valence-corrected chi connectivity index (χ4v) is 7.67. The van der Waals surface area contributed by atoms with Crippen LogP contribution in [0.15, 0.2) is 60.7 Å². The van der Waals surface area contributed by atoms with Crippen molar-refractivity contribution in [3.63, 3.8) is 0 Å². The smallest absolute Gasteiger partial charge is 0.321 e. The highest BCUT2D eigenvalue weighted by Gasteiger charge is 2.56. The normalized spacial score (nSPS) is 23.5. The first kappa shape index (κ1) is 33.0. The number of likely N-dealkylation sites (N-methyl/N-ethyl adjacent to an activating group) is 1. The predicted octanol–water partition coefficient (Wildman–Crippen LogP) is 4.81. The van der Waals surface area contributed by atoms with Gasteiger partial charge in [-0.25, -0.2) is 4.79 Å². The molecule has 2 heterocycles. The predicted molar refractivity (Wildman–Crippen MR) is 173 cm³/mol. The number of hydrogen-bond donors (Lipinski definition) is 1. The van der Waals surface area contributed by atoms with Crippen molar-refractivity contribution in [2.24, 2.45) is 0 Å². The van der Waals surface area contributed by atoms with E-state index in [4.69, 9.17) is 37.4 Å². The van der Waals surface area contributed by atoms with Crippen molar-refractivity contribution < 1.29 is 29.3 Å². The summed E-state index contributed by atoms with van der Waals surface area (Å²) in [4.78, 5) is 32.0. The van der Waals surface area contributed by atoms with Crippen molar-refractivity contribution in [1.82, 2.24) is 9.80 Å². The number of primary amides is 1. The number of methoxy groups -OCH3 is 3. The topological polar surface area (TPSA) is 108 Å². The van der Waals surface area contributed by atoms with Gasteiger partial charge in [0.25, 0.3) is 5.91 Å². The van der Waals surface area contributed by atoms with Crippen LogP contribution in [0.1, 0.15) is 47.7 Å². The highest BCUT2D eigenvalue weighted by Crippen LogP contribution is 2.49. The monoisotopic (exact) mass is 655 g/mol. The molecule has 3 unspecified atom stereocenters. The summed E-state index contributed by atoms with van der Waals surface area (Å²) >= 11 is 13.0. The number of rotatable bonds is 9. The molecular weight excluding hydrogens is 617 g/mol. The van der Waals surface area contributed by atoms with Gasteiger partial charge in [0.1, 0.15) is 5.41 Å². The van der Waals surface area contributed by atoms with Gasteiger partial charge in [0.2, 0.25) is 5.75 Å². The quantitative estimate of drug-likeness (QED) is 0.330. The average molecular weight is 657 g/mol. The van der Waals surface area contributed by atoms with Crippen LogP contribution in [0.2, 0.25) is 10.0 Å². The van der Waals surface area contributed by atoms with Gasteiger partial charge in [-0.05, 0) is 67.7 Å². The number of carbonyl (C=O) groups is 2. The lowest BCUT2D eigenvalue weighted by Gasteiger charge is -2.52. The first-order chi connectivity index (χ1) is 21.7. The zero-order valence-electron chi connectivity index (χ0n) is 26.0. The molecule has 5 rings (SSSR count). The molecule has 3 atom stereocenters. The molecular formula is C34H39Cl2N3O6. The Bertz CT molecular complexity index is 1530. The second-order valence-electron chi connectivity index (χ2n) is 11.7. The summed E-state index contributed by atoms with van der Waals surface area (Å²) in [5.41, 5.74) is 1.02. The SMILES string of the molecule is CCN1CCC(C(=O)[NH2+][O-])(c2ccccc2)CC1C1(c2ccc(Cl)c(Cl)c2)CCN(C(=O)c2cc(OC)c(OC)c(OC)c2)C1. The first-order valence-corrected chi connectivity index (χ1v) is 15.8. The molecule has 45 heavy (non-hydrogen) atoms. The lowest BCUT2D eigenvalue weighted by Crippen LogP contribution is -2.87. The van der Waals surface area contributed by atoms with Gasteiger partial charge in [0.05, 0.1) is 31.4 Å². The number of nitrogens with two attached hydrogens (primary N) is 1. The molecule has 0 aliphatic carbocycles. The molecule has 2 amide bonds. The summed E-state index contributed by atoms with van der Waals surface area (Å²) in [5.74, 6) is 0.565. The van der Waals surface area contributed by atoms with Gasteiger partial charge in [-0.15, -0.1) is 0 Å². The Morgan fingerprint density at radius 1 is 0.911 bits per heavy atom. The summed E-state index contributed by atoms with van der Waals surface area (Å²) < 4.78 is 16.5. The minimum Gasteiger partial charge on any atom is -0.628 e. The van der Waals surface area contributed by atoms with Gasteiger partial charge in [0, 0.05) is 30.1 Å². The molecule has 0 spiro atoms. The molecule has 2 fully saturated rings. The molecule has 3 aromatic rings. The van der Waals surface area contributed by atoms with Gasteiger partial charge in [-0.3, -0.25) is 9.69 Å². The molecule has 0 radical (unpaired) electrons. The molecule has 240 valence electrons.